The molecule has 19 heavy (non-hydrogen) atoms. The van der Waals surface area contributed by atoms with E-state index in [2.05, 4.69) is 5.32 Å². The Morgan fingerprint density at radius 3 is 3.05 bits per heavy atom. The first kappa shape index (κ1) is 12.4. The van der Waals surface area contributed by atoms with Crippen LogP contribution in [0.1, 0.15) is 12.8 Å². The van der Waals surface area contributed by atoms with Crippen LogP contribution in [0.5, 0.6) is 0 Å². The molecule has 3 rings (SSSR count). The number of rotatable bonds is 2. The molecular formula is C15H17FN2O. The van der Waals surface area contributed by atoms with E-state index in [4.69, 9.17) is 0 Å². The first-order valence-electron chi connectivity index (χ1n) is 6.73. The third kappa shape index (κ3) is 2.54. The lowest BCUT2D eigenvalue weighted by molar-refractivity contribution is 0.334. The predicted molar refractivity (Wildman–Crippen MR) is 73.8 cm³/mol. The molecule has 0 bridgehead atoms. The monoisotopic (exact) mass is 260 g/mol. The molecule has 0 amide bonds. The summed E-state index contributed by atoms with van der Waals surface area (Å²) in [5, 5.41) is 4.61. The summed E-state index contributed by atoms with van der Waals surface area (Å²) in [5.74, 6) is 0.200. The Bertz CT molecular complexity index is 644. The number of hydrogen-bond donors (Lipinski definition) is 1. The van der Waals surface area contributed by atoms with Gasteiger partial charge in [-0.2, -0.15) is 0 Å². The van der Waals surface area contributed by atoms with Crippen molar-refractivity contribution in [2.75, 3.05) is 13.1 Å². The molecule has 3 nitrogen and oxygen atoms in total. The summed E-state index contributed by atoms with van der Waals surface area (Å²) in [7, 11) is 0. The van der Waals surface area contributed by atoms with Crippen LogP contribution in [0, 0.1) is 11.7 Å². The van der Waals surface area contributed by atoms with Crippen molar-refractivity contribution < 1.29 is 4.39 Å². The van der Waals surface area contributed by atoms with Gasteiger partial charge in [0, 0.05) is 18.1 Å². The maximum atomic E-state index is 13.1. The molecule has 0 spiro atoms. The number of nitrogens with zero attached hydrogens (tertiary/aromatic N) is 1. The number of nitrogens with one attached hydrogen (secondary N) is 1. The molecule has 2 aromatic rings. The van der Waals surface area contributed by atoms with Gasteiger partial charge in [0.15, 0.2) is 0 Å². The number of benzene rings is 1. The van der Waals surface area contributed by atoms with E-state index in [0.717, 1.165) is 32.5 Å². The quantitative estimate of drug-likeness (QED) is 0.897. The van der Waals surface area contributed by atoms with Crippen molar-refractivity contribution >= 4 is 10.8 Å². The molecule has 0 aliphatic carbocycles. The van der Waals surface area contributed by atoms with Crippen molar-refractivity contribution in [3.63, 3.8) is 0 Å². The standard InChI is InChI=1S/C15H17FN2O/c16-13-3-4-14-12(8-13)5-7-18(15(14)19)10-11-2-1-6-17-9-11/h3-5,7-8,11,17H,1-2,6,9-10H2. The van der Waals surface area contributed by atoms with Gasteiger partial charge in [0.25, 0.3) is 5.56 Å². The molecule has 1 aromatic heterocycles. The van der Waals surface area contributed by atoms with E-state index in [1.54, 1.807) is 16.8 Å². The molecule has 1 N–H and O–H groups in total. The zero-order valence-corrected chi connectivity index (χ0v) is 10.7. The van der Waals surface area contributed by atoms with Crippen LogP contribution in [0.3, 0.4) is 0 Å². The third-order valence-corrected chi connectivity index (χ3v) is 3.79. The number of pyridine rings is 1. The van der Waals surface area contributed by atoms with Crippen LogP contribution in [0.15, 0.2) is 35.3 Å². The molecule has 0 radical (unpaired) electrons. The summed E-state index contributed by atoms with van der Waals surface area (Å²) in [6.07, 6.45) is 4.10. The van der Waals surface area contributed by atoms with Gasteiger partial charge in [0.05, 0.1) is 0 Å². The molecule has 2 heterocycles. The van der Waals surface area contributed by atoms with Crippen LogP contribution in [-0.2, 0) is 6.54 Å². The molecule has 0 saturated carbocycles. The highest BCUT2D eigenvalue weighted by molar-refractivity contribution is 5.81. The third-order valence-electron chi connectivity index (χ3n) is 3.79. The Labute approximate surface area is 111 Å². The van der Waals surface area contributed by atoms with Crippen molar-refractivity contribution in [2.45, 2.75) is 19.4 Å². The molecule has 1 aromatic carbocycles. The molecule has 1 unspecified atom stereocenters. The zero-order chi connectivity index (χ0) is 13.2. The minimum Gasteiger partial charge on any atom is -0.316 e. The minimum atomic E-state index is -0.305. The number of hydrogen-bond acceptors (Lipinski definition) is 2. The largest absolute Gasteiger partial charge is 0.316 e. The lowest BCUT2D eigenvalue weighted by Crippen LogP contribution is -2.34. The highest BCUT2D eigenvalue weighted by Crippen LogP contribution is 2.14. The van der Waals surface area contributed by atoms with Crippen LogP contribution >= 0.6 is 0 Å². The number of fused-ring (bicyclic) bond motifs is 1. The summed E-state index contributed by atoms with van der Waals surface area (Å²) in [5.41, 5.74) is -0.0249. The Hall–Kier alpha value is -1.68. The van der Waals surface area contributed by atoms with Gasteiger partial charge < -0.3 is 9.88 Å². The van der Waals surface area contributed by atoms with Gasteiger partial charge >= 0.3 is 0 Å². The summed E-state index contributed by atoms with van der Waals surface area (Å²) in [6.45, 7) is 2.77. The van der Waals surface area contributed by atoms with Gasteiger partial charge in [-0.3, -0.25) is 4.79 Å². The van der Waals surface area contributed by atoms with E-state index < -0.39 is 0 Å². The normalized spacial score (nSPS) is 19.7. The molecular weight excluding hydrogens is 243 g/mol. The molecule has 1 aliphatic heterocycles. The van der Waals surface area contributed by atoms with E-state index in [1.807, 2.05) is 6.07 Å². The van der Waals surface area contributed by atoms with Crippen LogP contribution < -0.4 is 10.9 Å². The van der Waals surface area contributed by atoms with Crippen LogP contribution in [-0.4, -0.2) is 17.7 Å². The zero-order valence-electron chi connectivity index (χ0n) is 10.7. The highest BCUT2D eigenvalue weighted by Gasteiger charge is 2.14. The fourth-order valence-corrected chi connectivity index (χ4v) is 2.76. The van der Waals surface area contributed by atoms with Crippen molar-refractivity contribution in [3.05, 3.63) is 46.6 Å². The molecule has 1 saturated heterocycles. The SMILES string of the molecule is O=c1c2ccc(F)cc2ccn1CC1CCCNC1. The average Bonchev–Trinajstić information content (AvgIpc) is 2.43. The lowest BCUT2D eigenvalue weighted by atomic mass is 9.99. The van der Waals surface area contributed by atoms with Crippen LogP contribution in [0.2, 0.25) is 0 Å². The van der Waals surface area contributed by atoms with Gasteiger partial charge in [0.2, 0.25) is 0 Å². The fourth-order valence-electron chi connectivity index (χ4n) is 2.76. The predicted octanol–water partition coefficient (Wildman–Crippen LogP) is 2.14. The highest BCUT2D eigenvalue weighted by atomic mass is 19.1. The Kier molecular flexibility index (Phi) is 3.34. The molecule has 100 valence electrons. The minimum absolute atomic E-state index is 0.0249. The van der Waals surface area contributed by atoms with Crippen LogP contribution in [0.25, 0.3) is 10.8 Å². The Morgan fingerprint density at radius 2 is 2.26 bits per heavy atom. The number of aromatic nitrogens is 1. The van der Waals surface area contributed by atoms with E-state index in [9.17, 15) is 9.18 Å². The van der Waals surface area contributed by atoms with Crippen LogP contribution in [0.4, 0.5) is 4.39 Å². The molecule has 1 aliphatic rings. The second-order valence-electron chi connectivity index (χ2n) is 5.22. The van der Waals surface area contributed by atoms with Gasteiger partial charge in [-0.1, -0.05) is 0 Å². The number of halogens is 1. The fraction of sp³-hybridized carbons (Fsp3) is 0.400. The van der Waals surface area contributed by atoms with E-state index in [-0.39, 0.29) is 11.4 Å². The molecule has 1 fully saturated rings. The molecule has 1 atom stereocenters. The summed E-state index contributed by atoms with van der Waals surface area (Å²) >= 11 is 0. The first-order valence-corrected chi connectivity index (χ1v) is 6.73. The second kappa shape index (κ2) is 5.13. The lowest BCUT2D eigenvalue weighted by Gasteiger charge is -2.23. The second-order valence-corrected chi connectivity index (χ2v) is 5.22. The Morgan fingerprint density at radius 1 is 1.37 bits per heavy atom. The van der Waals surface area contributed by atoms with Crippen molar-refractivity contribution in [1.82, 2.24) is 9.88 Å². The van der Waals surface area contributed by atoms with Crippen molar-refractivity contribution in [3.8, 4) is 0 Å². The van der Waals surface area contributed by atoms with E-state index in [1.165, 1.54) is 12.1 Å². The summed E-state index contributed by atoms with van der Waals surface area (Å²) < 4.78 is 14.9. The van der Waals surface area contributed by atoms with Gasteiger partial charge in [0.1, 0.15) is 5.82 Å². The summed E-state index contributed by atoms with van der Waals surface area (Å²) in [6, 6.07) is 6.14. The maximum absolute atomic E-state index is 13.1. The van der Waals surface area contributed by atoms with Crippen molar-refractivity contribution in [1.29, 1.82) is 0 Å². The maximum Gasteiger partial charge on any atom is 0.258 e. The first-order chi connectivity index (χ1) is 9.24. The summed E-state index contributed by atoms with van der Waals surface area (Å²) in [4.78, 5) is 12.3. The smallest absolute Gasteiger partial charge is 0.258 e. The topological polar surface area (TPSA) is 34.0 Å². The van der Waals surface area contributed by atoms with Gasteiger partial charge in [-0.05, 0) is 61.5 Å². The Balaban J connectivity index is 1.93. The van der Waals surface area contributed by atoms with Crippen molar-refractivity contribution in [2.24, 2.45) is 5.92 Å². The molecule has 4 heteroatoms. The number of piperidine rings is 1. The van der Waals surface area contributed by atoms with E-state index in [0.29, 0.717) is 16.7 Å². The van der Waals surface area contributed by atoms with Gasteiger partial charge in [-0.25, -0.2) is 4.39 Å². The van der Waals surface area contributed by atoms with E-state index >= 15 is 0 Å². The average molecular weight is 260 g/mol. The van der Waals surface area contributed by atoms with Gasteiger partial charge in [-0.15, -0.1) is 0 Å².